The number of aliphatic imine (C=N–C) groups is 1. The number of nitriles is 1. The van der Waals surface area contributed by atoms with Gasteiger partial charge in [-0.2, -0.15) is 23.4 Å². The molecule has 2 N–H and O–H groups in total. The van der Waals surface area contributed by atoms with Crippen LogP contribution in [-0.4, -0.2) is 16.3 Å². The number of alkyl halides is 3. The molecule has 1 amide bonds. The lowest BCUT2D eigenvalue weighted by molar-refractivity contribution is -0.136. The van der Waals surface area contributed by atoms with Crippen LogP contribution in [-0.2, 0) is 12.7 Å². The van der Waals surface area contributed by atoms with Gasteiger partial charge in [0.05, 0.1) is 23.7 Å². The minimum atomic E-state index is -4.79. The minimum absolute atomic E-state index is 0.0473. The van der Waals surface area contributed by atoms with Crippen molar-refractivity contribution in [2.24, 2.45) is 10.7 Å². The van der Waals surface area contributed by atoms with E-state index in [1.54, 1.807) is 0 Å². The first kappa shape index (κ1) is 20.9. The second kappa shape index (κ2) is 7.55. The lowest BCUT2D eigenvalue weighted by Gasteiger charge is -2.11. The first-order chi connectivity index (χ1) is 14.0. The van der Waals surface area contributed by atoms with E-state index >= 15 is 0 Å². The van der Waals surface area contributed by atoms with Gasteiger partial charge in [-0.1, -0.05) is 0 Å². The van der Waals surface area contributed by atoms with Crippen LogP contribution < -0.4 is 5.73 Å². The summed E-state index contributed by atoms with van der Waals surface area (Å²) >= 11 is 0. The molecular formula is C19H10F6N4O. The van der Waals surface area contributed by atoms with E-state index in [1.807, 2.05) is 0 Å². The number of hydrogen-bond donors (Lipinski definition) is 1. The van der Waals surface area contributed by atoms with Crippen LogP contribution in [0.15, 0.2) is 41.5 Å². The maximum Gasteiger partial charge on any atom is 0.418 e. The Bertz CT molecular complexity index is 1210. The number of carbonyl (C=O) groups excluding carboxylic acids is 1. The van der Waals surface area contributed by atoms with E-state index in [4.69, 9.17) is 11.0 Å². The third-order valence-electron chi connectivity index (χ3n) is 4.16. The lowest BCUT2D eigenvalue weighted by Crippen LogP contribution is -2.21. The number of halogens is 6. The molecule has 154 valence electrons. The smallest absolute Gasteiger partial charge is 0.386 e. The average Bonchev–Trinajstić information content (AvgIpc) is 3.01. The molecule has 0 atom stereocenters. The van der Waals surface area contributed by atoms with Crippen LogP contribution in [0.25, 0.3) is 10.9 Å². The van der Waals surface area contributed by atoms with Crippen molar-refractivity contribution >= 4 is 22.6 Å². The minimum Gasteiger partial charge on any atom is -0.386 e. The predicted octanol–water partition coefficient (Wildman–Crippen LogP) is 4.15. The Balaban J connectivity index is 1.97. The van der Waals surface area contributed by atoms with E-state index in [1.165, 1.54) is 22.9 Å². The summed E-state index contributed by atoms with van der Waals surface area (Å²) in [6.07, 6.45) is -3.56. The van der Waals surface area contributed by atoms with Gasteiger partial charge < -0.3 is 10.3 Å². The highest BCUT2D eigenvalue weighted by molar-refractivity contribution is 6.03. The Labute approximate surface area is 164 Å². The molecule has 0 saturated heterocycles. The van der Waals surface area contributed by atoms with Gasteiger partial charge in [-0.25, -0.2) is 13.2 Å². The molecular weight excluding hydrogens is 414 g/mol. The number of aromatic nitrogens is 1. The van der Waals surface area contributed by atoms with Crippen molar-refractivity contribution in [1.82, 2.24) is 4.57 Å². The third kappa shape index (κ3) is 3.84. The maximum atomic E-state index is 13.7. The van der Waals surface area contributed by atoms with Gasteiger partial charge in [-0.3, -0.25) is 4.79 Å². The van der Waals surface area contributed by atoms with E-state index in [0.717, 1.165) is 12.1 Å². The summed E-state index contributed by atoms with van der Waals surface area (Å²) in [7, 11) is 0. The molecule has 3 rings (SSSR count). The molecule has 1 aromatic heterocycles. The number of amidine groups is 1. The molecule has 2 aromatic carbocycles. The molecule has 5 nitrogen and oxygen atoms in total. The monoisotopic (exact) mass is 424 g/mol. The molecule has 11 heteroatoms. The van der Waals surface area contributed by atoms with Crippen LogP contribution in [0.1, 0.15) is 21.5 Å². The van der Waals surface area contributed by atoms with Gasteiger partial charge in [0.1, 0.15) is 28.9 Å². The first-order valence-corrected chi connectivity index (χ1v) is 8.14. The number of fused-ring (bicyclic) bond motifs is 1. The van der Waals surface area contributed by atoms with Crippen LogP contribution in [0, 0.1) is 28.8 Å². The van der Waals surface area contributed by atoms with Crippen LogP contribution in [0.4, 0.5) is 26.3 Å². The number of benzene rings is 2. The topological polar surface area (TPSA) is 84.2 Å². The molecule has 1 heterocycles. The molecule has 3 aromatic rings. The summed E-state index contributed by atoms with van der Waals surface area (Å²) in [4.78, 5) is 15.3. The molecule has 0 fully saturated rings. The fraction of sp³-hybridized carbons (Fsp3) is 0.105. The fourth-order valence-electron chi connectivity index (χ4n) is 2.95. The molecule has 0 bridgehead atoms. The van der Waals surface area contributed by atoms with Gasteiger partial charge in [0.2, 0.25) is 0 Å². The van der Waals surface area contributed by atoms with Crippen LogP contribution in [0.5, 0.6) is 0 Å². The average molecular weight is 424 g/mol. The van der Waals surface area contributed by atoms with Crippen molar-refractivity contribution in [1.29, 1.82) is 5.26 Å². The van der Waals surface area contributed by atoms with Crippen molar-refractivity contribution in [3.63, 3.8) is 0 Å². The normalized spacial score (nSPS) is 12.2. The van der Waals surface area contributed by atoms with Gasteiger partial charge in [0.15, 0.2) is 0 Å². The number of nitrogens with zero attached hydrogens (tertiary/aromatic N) is 3. The summed E-state index contributed by atoms with van der Waals surface area (Å²) in [6.45, 7) is -0.386. The molecule has 0 spiro atoms. The van der Waals surface area contributed by atoms with Crippen LogP contribution >= 0.6 is 0 Å². The Kier molecular flexibility index (Phi) is 5.26. The number of carbonyl (C=O) groups is 1. The SMILES string of the molecule is N#Cc1ccc2c(ccn2CC(N)=NC(=O)c2c(F)cc(F)cc2F)c1C(F)(F)F. The standard InChI is InChI=1S/C19H10F6N4O/c20-10-5-12(21)16(13(22)6-10)18(30)28-15(27)8-29-4-3-11-14(29)2-1-9(7-26)17(11)19(23,24)25/h1-6H,8H2,(H2,27,28,30). The number of rotatable bonds is 3. The quantitative estimate of drug-likeness (QED) is 0.390. The van der Waals surface area contributed by atoms with Gasteiger partial charge in [-0.05, 0) is 18.2 Å². The molecule has 0 aliphatic carbocycles. The fourth-order valence-corrected chi connectivity index (χ4v) is 2.95. The number of amides is 1. The zero-order valence-electron chi connectivity index (χ0n) is 14.8. The predicted molar refractivity (Wildman–Crippen MR) is 93.9 cm³/mol. The number of hydrogen-bond acceptors (Lipinski definition) is 2. The third-order valence-corrected chi connectivity index (χ3v) is 4.16. The zero-order valence-corrected chi connectivity index (χ0v) is 14.8. The molecule has 0 unspecified atom stereocenters. The van der Waals surface area contributed by atoms with Gasteiger partial charge in [-0.15, -0.1) is 0 Å². The summed E-state index contributed by atoms with van der Waals surface area (Å²) in [5, 5.41) is 8.68. The van der Waals surface area contributed by atoms with Gasteiger partial charge >= 0.3 is 6.18 Å². The molecule has 0 saturated carbocycles. The van der Waals surface area contributed by atoms with E-state index in [2.05, 4.69) is 4.99 Å². The van der Waals surface area contributed by atoms with Crippen molar-refractivity contribution in [2.45, 2.75) is 12.7 Å². The Hall–Kier alpha value is -3.81. The van der Waals surface area contributed by atoms with Crippen molar-refractivity contribution in [3.05, 3.63) is 70.7 Å². The Morgan fingerprint density at radius 1 is 1.13 bits per heavy atom. The summed E-state index contributed by atoms with van der Waals surface area (Å²) in [5.41, 5.74) is 2.87. The first-order valence-electron chi connectivity index (χ1n) is 8.14. The summed E-state index contributed by atoms with van der Waals surface area (Å²) in [6, 6.07) is 5.45. The van der Waals surface area contributed by atoms with Gasteiger partial charge in [0.25, 0.3) is 5.91 Å². The van der Waals surface area contributed by atoms with Crippen molar-refractivity contribution < 1.29 is 31.1 Å². The van der Waals surface area contributed by atoms with E-state index in [-0.39, 0.29) is 17.4 Å². The van der Waals surface area contributed by atoms with E-state index in [0.29, 0.717) is 12.1 Å². The molecule has 30 heavy (non-hydrogen) atoms. The van der Waals surface area contributed by atoms with Gasteiger partial charge in [0, 0.05) is 29.2 Å². The highest BCUT2D eigenvalue weighted by atomic mass is 19.4. The maximum absolute atomic E-state index is 13.7. The van der Waals surface area contributed by atoms with Crippen LogP contribution in [0.2, 0.25) is 0 Å². The second-order valence-corrected chi connectivity index (χ2v) is 6.13. The van der Waals surface area contributed by atoms with E-state index < -0.39 is 52.1 Å². The molecule has 0 aliphatic rings. The summed E-state index contributed by atoms with van der Waals surface area (Å²) < 4.78 is 81.6. The van der Waals surface area contributed by atoms with Crippen molar-refractivity contribution in [3.8, 4) is 6.07 Å². The van der Waals surface area contributed by atoms with Crippen molar-refractivity contribution in [2.75, 3.05) is 0 Å². The highest BCUT2D eigenvalue weighted by Crippen LogP contribution is 2.37. The Morgan fingerprint density at radius 2 is 1.77 bits per heavy atom. The lowest BCUT2D eigenvalue weighted by atomic mass is 10.0. The summed E-state index contributed by atoms with van der Waals surface area (Å²) in [5.74, 6) is -6.05. The number of nitrogens with two attached hydrogens (primary N) is 1. The molecule has 0 aliphatic heterocycles. The van der Waals surface area contributed by atoms with Crippen LogP contribution in [0.3, 0.4) is 0 Å². The second-order valence-electron chi connectivity index (χ2n) is 6.13. The Morgan fingerprint density at radius 3 is 2.33 bits per heavy atom. The zero-order chi connectivity index (χ0) is 22.2. The molecule has 0 radical (unpaired) electrons. The largest absolute Gasteiger partial charge is 0.418 e. The van der Waals surface area contributed by atoms with E-state index in [9.17, 15) is 31.1 Å². The highest BCUT2D eigenvalue weighted by Gasteiger charge is 2.36.